The van der Waals surface area contributed by atoms with Crippen molar-refractivity contribution in [3.63, 3.8) is 0 Å². The minimum Gasteiger partial charge on any atom is -0.383 e. The van der Waals surface area contributed by atoms with Gasteiger partial charge in [0.25, 0.3) is 0 Å². The van der Waals surface area contributed by atoms with E-state index in [9.17, 15) is 0 Å². The first-order valence-electron chi connectivity index (χ1n) is 5.58. The van der Waals surface area contributed by atoms with E-state index in [0.717, 1.165) is 23.7 Å². The van der Waals surface area contributed by atoms with E-state index < -0.39 is 0 Å². The molecule has 1 aliphatic rings. The van der Waals surface area contributed by atoms with E-state index in [1.54, 1.807) is 0 Å². The zero-order chi connectivity index (χ0) is 10.8. The summed E-state index contributed by atoms with van der Waals surface area (Å²) >= 11 is 0. The van der Waals surface area contributed by atoms with Crippen LogP contribution in [0.4, 0.5) is 11.6 Å². The normalized spacial score (nSPS) is 17.5. The Hall–Kier alpha value is -1.32. The summed E-state index contributed by atoms with van der Waals surface area (Å²) in [5, 5.41) is 3.43. The molecule has 4 heteroatoms. The average molecular weight is 206 g/mol. The third-order valence-corrected chi connectivity index (χ3v) is 3.03. The molecule has 15 heavy (non-hydrogen) atoms. The molecule has 0 saturated heterocycles. The van der Waals surface area contributed by atoms with E-state index in [-0.39, 0.29) is 0 Å². The van der Waals surface area contributed by atoms with E-state index in [1.807, 2.05) is 0 Å². The zero-order valence-electron chi connectivity index (χ0n) is 9.33. The number of hydrogen-bond acceptors (Lipinski definition) is 4. The van der Waals surface area contributed by atoms with Crippen LogP contribution in [-0.4, -0.2) is 16.0 Å². The summed E-state index contributed by atoms with van der Waals surface area (Å²) in [6.45, 7) is 4.28. The van der Waals surface area contributed by atoms with Gasteiger partial charge in [-0.2, -0.15) is 0 Å². The maximum absolute atomic E-state index is 5.81. The molecule has 1 saturated carbocycles. The van der Waals surface area contributed by atoms with Gasteiger partial charge in [0, 0.05) is 11.6 Å². The zero-order valence-corrected chi connectivity index (χ0v) is 9.33. The summed E-state index contributed by atoms with van der Waals surface area (Å²) < 4.78 is 0. The molecule has 1 heterocycles. The highest BCUT2D eigenvalue weighted by Gasteiger charge is 2.28. The Morgan fingerprint density at radius 2 is 2.27 bits per heavy atom. The van der Waals surface area contributed by atoms with Gasteiger partial charge in [-0.15, -0.1) is 0 Å². The molecule has 3 N–H and O–H groups in total. The summed E-state index contributed by atoms with van der Waals surface area (Å²) in [7, 11) is 0. The highest BCUT2D eigenvalue weighted by Crippen LogP contribution is 2.34. The van der Waals surface area contributed by atoms with Crippen molar-refractivity contribution >= 4 is 11.6 Å². The minimum absolute atomic E-state index is 0.490. The first kappa shape index (κ1) is 10.2. The maximum atomic E-state index is 5.81. The van der Waals surface area contributed by atoms with Crippen LogP contribution in [0.2, 0.25) is 0 Å². The van der Waals surface area contributed by atoms with Gasteiger partial charge < -0.3 is 11.1 Å². The molecule has 0 aromatic carbocycles. The highest BCUT2D eigenvalue weighted by molar-refractivity contribution is 5.55. The molecule has 1 aromatic rings. The second-order valence-electron chi connectivity index (χ2n) is 4.21. The molecule has 1 fully saturated rings. The lowest BCUT2D eigenvalue weighted by molar-refractivity contribution is 0.688. The van der Waals surface area contributed by atoms with Gasteiger partial charge in [-0.1, -0.05) is 6.92 Å². The van der Waals surface area contributed by atoms with Crippen LogP contribution >= 0.6 is 0 Å². The lowest BCUT2D eigenvalue weighted by Gasteiger charge is -2.16. The SMILES string of the molecule is CCc1c(N)ncnc1NC(C)C1CC1. The van der Waals surface area contributed by atoms with Gasteiger partial charge in [-0.25, -0.2) is 9.97 Å². The van der Waals surface area contributed by atoms with E-state index in [1.165, 1.54) is 19.2 Å². The van der Waals surface area contributed by atoms with Gasteiger partial charge in [-0.3, -0.25) is 0 Å². The predicted molar refractivity (Wildman–Crippen MR) is 61.6 cm³/mol. The number of aromatic nitrogens is 2. The fraction of sp³-hybridized carbons (Fsp3) is 0.636. The molecule has 1 unspecified atom stereocenters. The van der Waals surface area contributed by atoms with E-state index >= 15 is 0 Å². The van der Waals surface area contributed by atoms with Crippen LogP contribution in [0.3, 0.4) is 0 Å². The number of anilines is 2. The lowest BCUT2D eigenvalue weighted by atomic mass is 10.2. The van der Waals surface area contributed by atoms with Crippen LogP contribution in [-0.2, 0) is 6.42 Å². The van der Waals surface area contributed by atoms with Crippen molar-refractivity contribution in [2.24, 2.45) is 5.92 Å². The molecule has 0 aliphatic heterocycles. The molecule has 1 atom stereocenters. The minimum atomic E-state index is 0.490. The molecule has 0 bridgehead atoms. The van der Waals surface area contributed by atoms with Gasteiger partial charge in [0.2, 0.25) is 0 Å². The number of rotatable bonds is 4. The topological polar surface area (TPSA) is 63.8 Å². The molecule has 1 aromatic heterocycles. The summed E-state index contributed by atoms with van der Waals surface area (Å²) in [6, 6.07) is 0.490. The van der Waals surface area contributed by atoms with E-state index in [0.29, 0.717) is 11.9 Å². The molecule has 0 amide bonds. The first-order chi connectivity index (χ1) is 7.22. The van der Waals surface area contributed by atoms with Crippen LogP contribution in [0, 0.1) is 5.92 Å². The third kappa shape index (κ3) is 2.19. The van der Waals surface area contributed by atoms with Crippen molar-refractivity contribution in [1.29, 1.82) is 0 Å². The summed E-state index contributed by atoms with van der Waals surface area (Å²) in [5.74, 6) is 2.31. The molecule has 1 aliphatic carbocycles. The number of nitrogens with zero attached hydrogens (tertiary/aromatic N) is 2. The molecule has 2 rings (SSSR count). The Kier molecular flexibility index (Phi) is 2.75. The Morgan fingerprint density at radius 3 is 2.87 bits per heavy atom. The molecule has 4 nitrogen and oxygen atoms in total. The molecule has 82 valence electrons. The van der Waals surface area contributed by atoms with E-state index in [4.69, 9.17) is 5.73 Å². The van der Waals surface area contributed by atoms with Crippen molar-refractivity contribution in [2.45, 2.75) is 39.2 Å². The second-order valence-corrected chi connectivity index (χ2v) is 4.21. The summed E-state index contributed by atoms with van der Waals surface area (Å²) in [6.07, 6.45) is 5.05. The van der Waals surface area contributed by atoms with Crippen molar-refractivity contribution in [3.8, 4) is 0 Å². The Bertz CT molecular complexity index is 346. The van der Waals surface area contributed by atoms with Crippen molar-refractivity contribution in [2.75, 3.05) is 11.1 Å². The quantitative estimate of drug-likeness (QED) is 0.789. The maximum Gasteiger partial charge on any atom is 0.134 e. The van der Waals surface area contributed by atoms with Gasteiger partial charge >= 0.3 is 0 Å². The molecule has 0 spiro atoms. The Balaban J connectivity index is 2.15. The van der Waals surface area contributed by atoms with E-state index in [2.05, 4.69) is 29.1 Å². The number of nitrogens with one attached hydrogen (secondary N) is 1. The monoisotopic (exact) mass is 206 g/mol. The molecular weight excluding hydrogens is 188 g/mol. The first-order valence-corrected chi connectivity index (χ1v) is 5.58. The van der Waals surface area contributed by atoms with Gasteiger partial charge in [0.05, 0.1) is 0 Å². The summed E-state index contributed by atoms with van der Waals surface area (Å²) in [4.78, 5) is 8.26. The van der Waals surface area contributed by atoms with Gasteiger partial charge in [0.15, 0.2) is 0 Å². The predicted octanol–water partition coefficient (Wildman–Crippen LogP) is 1.83. The molecule has 0 radical (unpaired) electrons. The fourth-order valence-electron chi connectivity index (χ4n) is 1.83. The van der Waals surface area contributed by atoms with Crippen molar-refractivity contribution in [1.82, 2.24) is 9.97 Å². The number of nitrogen functional groups attached to an aromatic ring is 1. The van der Waals surface area contributed by atoms with Gasteiger partial charge in [0.1, 0.15) is 18.0 Å². The van der Waals surface area contributed by atoms with Crippen LogP contribution in [0.25, 0.3) is 0 Å². The van der Waals surface area contributed by atoms with Crippen LogP contribution in [0.1, 0.15) is 32.3 Å². The van der Waals surface area contributed by atoms with Crippen molar-refractivity contribution in [3.05, 3.63) is 11.9 Å². The Morgan fingerprint density at radius 1 is 1.53 bits per heavy atom. The van der Waals surface area contributed by atoms with Crippen LogP contribution in [0.15, 0.2) is 6.33 Å². The van der Waals surface area contributed by atoms with Crippen molar-refractivity contribution < 1.29 is 0 Å². The summed E-state index contributed by atoms with van der Waals surface area (Å²) in [5.41, 5.74) is 6.84. The van der Waals surface area contributed by atoms with Gasteiger partial charge in [-0.05, 0) is 32.1 Å². The number of hydrogen-bond donors (Lipinski definition) is 2. The lowest BCUT2D eigenvalue weighted by Crippen LogP contribution is -2.20. The second kappa shape index (κ2) is 4.04. The smallest absolute Gasteiger partial charge is 0.134 e. The van der Waals surface area contributed by atoms with Crippen LogP contribution in [0.5, 0.6) is 0 Å². The van der Waals surface area contributed by atoms with Crippen LogP contribution < -0.4 is 11.1 Å². The molecular formula is C11H18N4. The number of nitrogens with two attached hydrogens (primary N) is 1. The standard InChI is InChI=1S/C11H18N4/c1-3-9-10(12)13-6-14-11(9)15-7(2)8-4-5-8/h6-8H,3-5H2,1-2H3,(H3,12,13,14,15). The Labute approximate surface area is 90.3 Å². The highest BCUT2D eigenvalue weighted by atomic mass is 15.1. The third-order valence-electron chi connectivity index (χ3n) is 3.03. The largest absolute Gasteiger partial charge is 0.383 e. The average Bonchev–Trinajstić information content (AvgIpc) is 3.01. The fourth-order valence-corrected chi connectivity index (χ4v) is 1.83.